The molecule has 1 saturated carbocycles. The first-order valence-electron chi connectivity index (χ1n) is 12.5. The van der Waals surface area contributed by atoms with Gasteiger partial charge in [-0.3, -0.25) is 14.5 Å². The zero-order valence-corrected chi connectivity index (χ0v) is 22.3. The van der Waals surface area contributed by atoms with Crippen molar-refractivity contribution < 1.29 is 22.3 Å². The van der Waals surface area contributed by atoms with Crippen LogP contribution in [0.2, 0.25) is 0 Å². The predicted molar refractivity (Wildman–Crippen MR) is 143 cm³/mol. The van der Waals surface area contributed by atoms with Crippen LogP contribution in [0, 0.1) is 11.7 Å². The molecule has 11 heteroatoms. The molecule has 3 aromatic heterocycles. The molecule has 2 N–H and O–H groups in total. The smallest absolute Gasteiger partial charge is 0.236 e. The second kappa shape index (κ2) is 11.7. The van der Waals surface area contributed by atoms with E-state index < -0.39 is 15.9 Å². The fourth-order valence-electron chi connectivity index (χ4n) is 4.30. The number of nitrogens with zero attached hydrogens (tertiary/aromatic N) is 3. The minimum absolute atomic E-state index is 0.0830. The second-order valence-electron chi connectivity index (χ2n) is 8.89. The number of carbonyl (C=O) groups is 1. The summed E-state index contributed by atoms with van der Waals surface area (Å²) in [6.45, 7) is 4.00. The van der Waals surface area contributed by atoms with Crippen LogP contribution in [0.15, 0.2) is 54.9 Å². The molecule has 1 aliphatic rings. The number of aromatic amines is 1. The molecule has 0 aliphatic heterocycles. The number of sulfonamides is 1. The fourth-order valence-corrected chi connectivity index (χ4v) is 4.84. The van der Waals surface area contributed by atoms with Crippen LogP contribution < -0.4 is 9.46 Å². The number of hydrogen-bond donors (Lipinski definition) is 2. The number of rotatable bonds is 6. The summed E-state index contributed by atoms with van der Waals surface area (Å²) < 4.78 is 44.0. The molecular formula is C27H30FN5O4S. The molecule has 3 heterocycles. The van der Waals surface area contributed by atoms with Crippen LogP contribution in [0.25, 0.3) is 33.7 Å². The topological polar surface area (TPSA) is 127 Å². The highest BCUT2D eigenvalue weighted by atomic mass is 32.2. The molecule has 0 atom stereocenters. The van der Waals surface area contributed by atoms with Gasteiger partial charge in [-0.1, -0.05) is 13.8 Å². The van der Waals surface area contributed by atoms with Crippen LogP contribution in [0.5, 0.6) is 5.88 Å². The summed E-state index contributed by atoms with van der Waals surface area (Å²) in [7, 11) is -3.55. The van der Waals surface area contributed by atoms with E-state index in [1.165, 1.54) is 12.1 Å². The number of carbonyl (C=O) groups excluding carboxylic acids is 1. The summed E-state index contributed by atoms with van der Waals surface area (Å²) >= 11 is 0. The Hall–Kier alpha value is -3.86. The molecule has 0 saturated heterocycles. The van der Waals surface area contributed by atoms with Gasteiger partial charge in [0, 0.05) is 35.5 Å². The molecular weight excluding hydrogens is 509 g/mol. The van der Waals surface area contributed by atoms with Crippen molar-refractivity contribution in [2.45, 2.75) is 45.6 Å². The lowest BCUT2D eigenvalue weighted by Crippen LogP contribution is -2.38. The first kappa shape index (κ1) is 27.2. The van der Waals surface area contributed by atoms with Crippen molar-refractivity contribution in [3.05, 3.63) is 60.7 Å². The molecule has 0 spiro atoms. The number of fused-ring (bicyclic) bond motifs is 1. The lowest BCUT2D eigenvalue weighted by atomic mass is 9.87. The van der Waals surface area contributed by atoms with Gasteiger partial charge < -0.3 is 9.72 Å². The van der Waals surface area contributed by atoms with Gasteiger partial charge in [0.25, 0.3) is 0 Å². The monoisotopic (exact) mass is 539 g/mol. The van der Waals surface area contributed by atoms with E-state index >= 15 is 0 Å². The number of nitrogens with one attached hydrogen (secondary N) is 2. The minimum atomic E-state index is -3.55. The zero-order chi connectivity index (χ0) is 27.3. The van der Waals surface area contributed by atoms with E-state index in [1.54, 1.807) is 24.5 Å². The van der Waals surface area contributed by atoms with Gasteiger partial charge in [0.1, 0.15) is 17.7 Å². The lowest BCUT2D eigenvalue weighted by molar-refractivity contribution is -0.124. The summed E-state index contributed by atoms with van der Waals surface area (Å²) in [5, 5.41) is 0. The van der Waals surface area contributed by atoms with Crippen molar-refractivity contribution in [3.8, 4) is 28.5 Å². The second-order valence-corrected chi connectivity index (χ2v) is 10.6. The van der Waals surface area contributed by atoms with Gasteiger partial charge in [-0.25, -0.2) is 22.8 Å². The maximum atomic E-state index is 13.4. The van der Waals surface area contributed by atoms with Crippen LogP contribution >= 0.6 is 0 Å². The Morgan fingerprint density at radius 3 is 2.34 bits per heavy atom. The summed E-state index contributed by atoms with van der Waals surface area (Å²) in [6.07, 6.45) is 6.68. The third-order valence-electron chi connectivity index (χ3n) is 6.13. The van der Waals surface area contributed by atoms with Crippen LogP contribution in [-0.4, -0.2) is 46.6 Å². The molecule has 0 unspecified atom stereocenters. The van der Waals surface area contributed by atoms with Crippen molar-refractivity contribution in [1.82, 2.24) is 24.7 Å². The average Bonchev–Trinajstić information content (AvgIpc) is 3.33. The first-order chi connectivity index (χ1) is 18.2. The molecule has 200 valence electrons. The molecule has 38 heavy (non-hydrogen) atoms. The number of hydrogen-bond acceptors (Lipinski definition) is 7. The van der Waals surface area contributed by atoms with Crippen molar-refractivity contribution in [1.29, 1.82) is 0 Å². The Morgan fingerprint density at radius 1 is 1.00 bits per heavy atom. The normalized spacial score (nSPS) is 17.4. The molecule has 0 radical (unpaired) electrons. The predicted octanol–water partition coefficient (Wildman–Crippen LogP) is 4.87. The van der Waals surface area contributed by atoms with Gasteiger partial charge in [-0.2, -0.15) is 0 Å². The fraction of sp³-hybridized carbons (Fsp3) is 0.333. The Balaban J connectivity index is 0.00000164. The SMILES string of the molecule is CC.CS(=O)(=O)NC(=O)C1CCC(Oc2ccc(-c3ccc(-c4nc5ccc(F)cc5[nH]4)cn3)cn2)CC1. The summed E-state index contributed by atoms with van der Waals surface area (Å²) in [4.78, 5) is 28.5. The Labute approximate surface area is 220 Å². The average molecular weight is 540 g/mol. The van der Waals surface area contributed by atoms with E-state index in [-0.39, 0.29) is 17.8 Å². The highest BCUT2D eigenvalue weighted by Gasteiger charge is 2.28. The third kappa shape index (κ3) is 6.71. The number of ether oxygens (including phenoxy) is 1. The Kier molecular flexibility index (Phi) is 8.35. The van der Waals surface area contributed by atoms with Gasteiger partial charge >= 0.3 is 0 Å². The van der Waals surface area contributed by atoms with Gasteiger partial charge in [-0.15, -0.1) is 0 Å². The molecule has 5 rings (SSSR count). The largest absolute Gasteiger partial charge is 0.474 e. The Morgan fingerprint density at radius 2 is 1.71 bits per heavy atom. The number of imidazole rings is 1. The number of benzene rings is 1. The molecule has 1 aromatic carbocycles. The minimum Gasteiger partial charge on any atom is -0.474 e. The van der Waals surface area contributed by atoms with E-state index in [0.717, 1.165) is 23.1 Å². The van der Waals surface area contributed by atoms with Crippen molar-refractivity contribution >= 4 is 27.0 Å². The molecule has 9 nitrogen and oxygen atoms in total. The van der Waals surface area contributed by atoms with Gasteiger partial charge in [0.2, 0.25) is 21.8 Å². The van der Waals surface area contributed by atoms with Crippen LogP contribution in [-0.2, 0) is 14.8 Å². The van der Waals surface area contributed by atoms with E-state index in [2.05, 4.69) is 24.7 Å². The summed E-state index contributed by atoms with van der Waals surface area (Å²) in [5.41, 5.74) is 3.64. The third-order valence-corrected chi connectivity index (χ3v) is 6.70. The molecule has 0 bridgehead atoms. The van der Waals surface area contributed by atoms with E-state index in [0.29, 0.717) is 48.4 Å². The van der Waals surface area contributed by atoms with Crippen LogP contribution in [0.4, 0.5) is 4.39 Å². The van der Waals surface area contributed by atoms with Crippen molar-refractivity contribution in [2.75, 3.05) is 6.26 Å². The highest BCUT2D eigenvalue weighted by molar-refractivity contribution is 7.89. The zero-order valence-electron chi connectivity index (χ0n) is 21.4. The number of H-pyrrole nitrogens is 1. The number of halogens is 1. The van der Waals surface area contributed by atoms with Gasteiger partial charge in [0.15, 0.2) is 0 Å². The van der Waals surface area contributed by atoms with Crippen LogP contribution in [0.3, 0.4) is 0 Å². The maximum absolute atomic E-state index is 13.4. The van der Waals surface area contributed by atoms with E-state index in [9.17, 15) is 17.6 Å². The molecule has 1 amide bonds. The van der Waals surface area contributed by atoms with Gasteiger partial charge in [0.05, 0.1) is 23.0 Å². The van der Waals surface area contributed by atoms with Crippen molar-refractivity contribution in [3.63, 3.8) is 0 Å². The highest BCUT2D eigenvalue weighted by Crippen LogP contribution is 2.28. The summed E-state index contributed by atoms with van der Waals surface area (Å²) in [6, 6.07) is 11.8. The summed E-state index contributed by atoms with van der Waals surface area (Å²) in [5.74, 6) is -0.0133. The first-order valence-corrected chi connectivity index (χ1v) is 14.4. The number of amides is 1. The maximum Gasteiger partial charge on any atom is 0.236 e. The molecule has 1 aliphatic carbocycles. The van der Waals surface area contributed by atoms with Gasteiger partial charge in [-0.05, 0) is 62.1 Å². The molecule has 1 fully saturated rings. The number of aromatic nitrogens is 4. The van der Waals surface area contributed by atoms with Crippen molar-refractivity contribution in [2.24, 2.45) is 5.92 Å². The van der Waals surface area contributed by atoms with E-state index in [1.807, 2.05) is 32.0 Å². The van der Waals surface area contributed by atoms with E-state index in [4.69, 9.17) is 4.74 Å². The molecule has 4 aromatic rings. The standard InChI is InChI=1S/C25H24FN5O4S.C2H6/c1-36(33,34)31-25(32)15-2-7-19(8-3-15)35-23-11-5-16(13-28-23)20-9-4-17(14-27-20)24-29-21-10-6-18(26)12-22(21)30-24;1-2/h4-6,9-15,19H,2-3,7-8H2,1H3,(H,29,30)(H,31,32);1-2H3. The number of pyridine rings is 2. The van der Waals surface area contributed by atoms with Crippen LogP contribution in [0.1, 0.15) is 39.5 Å². The quantitative estimate of drug-likeness (QED) is 0.358. The Bertz CT molecular complexity index is 1500. The lowest BCUT2D eigenvalue weighted by Gasteiger charge is -2.27.